The molecule has 2 fully saturated rings. The van der Waals surface area contributed by atoms with Gasteiger partial charge in [-0.05, 0) is 33.1 Å². The quantitative estimate of drug-likeness (QED) is 0.543. The van der Waals surface area contributed by atoms with E-state index in [4.69, 9.17) is 4.84 Å². The Kier molecular flexibility index (Phi) is 8.63. The Bertz CT molecular complexity index is 625. The van der Waals surface area contributed by atoms with Crippen LogP contribution in [-0.2, 0) is 24.0 Å². The molecule has 9 nitrogen and oxygen atoms in total. The standard InChI is InChI=1S/C20H32N4O5/c1-14-5-4-6-15(2)23(14)13-18(26)22-11-9-17(25)21-12-10-20(28)29-24-16(3)7-8-19(24)27/h14-15H,3-13H2,1-2H3,(H,21,25)(H,22,26)/i9+1,11+1,17+1,18+1,20+1. The Morgan fingerprint density at radius 2 is 1.66 bits per heavy atom. The number of carbonyl (C=O) groups is 4. The first kappa shape index (κ1) is 22.9. The van der Waals surface area contributed by atoms with E-state index in [9.17, 15) is 19.2 Å². The highest BCUT2D eigenvalue weighted by molar-refractivity contribution is 5.82. The van der Waals surface area contributed by atoms with Gasteiger partial charge in [-0.1, -0.05) is 13.0 Å². The summed E-state index contributed by atoms with van der Waals surface area (Å²) in [4.78, 5) is 54.4. The van der Waals surface area contributed by atoms with Gasteiger partial charge in [-0.15, -0.1) is 5.06 Å². The van der Waals surface area contributed by atoms with Crippen LogP contribution in [0.2, 0.25) is 0 Å². The van der Waals surface area contributed by atoms with Gasteiger partial charge >= 0.3 is 5.97 Å². The fourth-order valence-electron chi connectivity index (χ4n) is 3.61. The molecule has 0 radical (unpaired) electrons. The first-order valence-electron chi connectivity index (χ1n) is 10.3. The molecular formula is C20H32N4O5. The third kappa shape index (κ3) is 7.16. The van der Waals surface area contributed by atoms with Crippen LogP contribution in [0.15, 0.2) is 12.3 Å². The molecule has 2 aliphatic heterocycles. The minimum atomic E-state index is -0.611. The second-order valence-corrected chi connectivity index (χ2v) is 7.72. The molecule has 0 aromatic rings. The molecule has 0 aliphatic carbocycles. The number of hydroxylamine groups is 2. The van der Waals surface area contributed by atoms with E-state index in [1.165, 1.54) is 6.42 Å². The van der Waals surface area contributed by atoms with Crippen molar-refractivity contribution < 1.29 is 24.0 Å². The van der Waals surface area contributed by atoms with E-state index in [-0.39, 0.29) is 50.1 Å². The van der Waals surface area contributed by atoms with Crippen molar-refractivity contribution in [2.45, 2.75) is 70.9 Å². The Hall–Kier alpha value is -2.42. The van der Waals surface area contributed by atoms with Crippen molar-refractivity contribution >= 4 is 23.7 Å². The van der Waals surface area contributed by atoms with E-state index >= 15 is 0 Å². The normalized spacial score (nSPS) is 22.5. The van der Waals surface area contributed by atoms with Crippen molar-refractivity contribution in [3.05, 3.63) is 12.3 Å². The Morgan fingerprint density at radius 1 is 1.03 bits per heavy atom. The average molecular weight is 413 g/mol. The van der Waals surface area contributed by atoms with E-state index in [1.807, 2.05) is 0 Å². The predicted molar refractivity (Wildman–Crippen MR) is 106 cm³/mol. The fraction of sp³-hybridized carbons (Fsp3) is 0.700. The van der Waals surface area contributed by atoms with E-state index in [1.54, 1.807) is 0 Å². The zero-order valence-electron chi connectivity index (χ0n) is 17.4. The summed E-state index contributed by atoms with van der Waals surface area (Å²) in [5.41, 5.74) is 0.455. The molecule has 3 amide bonds. The number of hydrogen-bond donors (Lipinski definition) is 2. The molecular weight excluding hydrogens is 381 g/mol. The number of nitrogens with one attached hydrogen (secondary N) is 2. The van der Waals surface area contributed by atoms with Crippen LogP contribution in [0.3, 0.4) is 0 Å². The highest BCUT2D eigenvalue weighted by atomic mass is 16.8. The van der Waals surface area contributed by atoms with Crippen LogP contribution in [0.25, 0.3) is 0 Å². The van der Waals surface area contributed by atoms with Gasteiger partial charge in [0.05, 0.1) is 18.7 Å². The number of likely N-dealkylation sites (tertiary alicyclic amines) is 1. The van der Waals surface area contributed by atoms with Gasteiger partial charge in [-0.25, -0.2) is 4.79 Å². The molecule has 0 bridgehead atoms. The molecule has 0 saturated carbocycles. The second kappa shape index (κ2) is 10.9. The smallest absolute Gasteiger partial charge is 0.334 e. The summed E-state index contributed by atoms with van der Waals surface area (Å²) in [6.07, 6.45) is 4.23. The van der Waals surface area contributed by atoms with Crippen molar-refractivity contribution in [3.63, 3.8) is 0 Å². The fourth-order valence-corrected chi connectivity index (χ4v) is 3.61. The zero-order chi connectivity index (χ0) is 21.4. The molecule has 2 N–H and O–H groups in total. The second-order valence-electron chi connectivity index (χ2n) is 7.72. The molecule has 2 heterocycles. The molecule has 162 valence electrons. The van der Waals surface area contributed by atoms with Crippen LogP contribution in [0, 0.1) is 0 Å². The van der Waals surface area contributed by atoms with Crippen LogP contribution >= 0.6 is 0 Å². The van der Waals surface area contributed by atoms with Crippen molar-refractivity contribution in [2.24, 2.45) is 0 Å². The van der Waals surface area contributed by atoms with Gasteiger partial charge < -0.3 is 15.5 Å². The van der Waals surface area contributed by atoms with Crippen molar-refractivity contribution in [1.29, 1.82) is 0 Å². The number of amides is 3. The molecule has 9 heteroatoms. The summed E-state index contributed by atoms with van der Waals surface area (Å²) >= 11 is 0. The summed E-state index contributed by atoms with van der Waals surface area (Å²) in [5, 5.41) is 6.30. The highest BCUT2D eigenvalue weighted by Crippen LogP contribution is 2.22. The molecule has 2 rings (SSSR count). The van der Waals surface area contributed by atoms with Gasteiger partial charge in [0, 0.05) is 38.0 Å². The lowest BCUT2D eigenvalue weighted by Crippen LogP contribution is -2.49. The zero-order valence-corrected chi connectivity index (χ0v) is 17.4. The third-order valence-corrected chi connectivity index (χ3v) is 5.36. The van der Waals surface area contributed by atoms with Crippen molar-refractivity contribution in [2.75, 3.05) is 19.6 Å². The van der Waals surface area contributed by atoms with E-state index in [2.05, 4.69) is 36.0 Å². The lowest BCUT2D eigenvalue weighted by atomic mass is 9.98. The maximum Gasteiger partial charge on any atom is 0.334 e. The highest BCUT2D eigenvalue weighted by Gasteiger charge is 2.28. The minimum absolute atomic E-state index is 0.0557. The monoisotopic (exact) mass is 413 g/mol. The number of nitrogens with zero attached hydrogens (tertiary/aromatic N) is 2. The lowest BCUT2D eigenvalue weighted by Gasteiger charge is -2.38. The van der Waals surface area contributed by atoms with Gasteiger partial charge in [-0.3, -0.25) is 19.3 Å². The maximum atomic E-state index is 12.1. The minimum Gasteiger partial charge on any atom is -0.355 e. The largest absolute Gasteiger partial charge is 0.355 e. The molecule has 2 unspecified atom stereocenters. The molecule has 2 aliphatic rings. The first-order valence-corrected chi connectivity index (χ1v) is 10.3. The van der Waals surface area contributed by atoms with Crippen LogP contribution in [0.5, 0.6) is 0 Å². The van der Waals surface area contributed by atoms with Crippen molar-refractivity contribution in [1.82, 2.24) is 20.6 Å². The molecule has 0 spiro atoms. The molecule has 2 saturated heterocycles. The number of carbonyl (C=O) groups excluding carboxylic acids is 4. The number of rotatable bonds is 9. The molecule has 0 aromatic carbocycles. The topological polar surface area (TPSA) is 108 Å². The van der Waals surface area contributed by atoms with Gasteiger partial charge in [0.25, 0.3) is 5.91 Å². The molecule has 0 aromatic heterocycles. The summed E-state index contributed by atoms with van der Waals surface area (Å²) in [7, 11) is 0. The lowest BCUT2D eigenvalue weighted by molar-refractivity contribution is -0.186. The number of allylic oxidation sites excluding steroid dienone is 1. The summed E-state index contributed by atoms with van der Waals surface area (Å²) in [6, 6.07) is 0.779. The van der Waals surface area contributed by atoms with Crippen molar-refractivity contribution in [3.8, 4) is 0 Å². The van der Waals surface area contributed by atoms with Crippen LogP contribution in [0.4, 0.5) is 0 Å². The van der Waals surface area contributed by atoms with Gasteiger partial charge in [-0.2, -0.15) is 0 Å². The van der Waals surface area contributed by atoms with Gasteiger partial charge in [0.1, 0.15) is 0 Å². The van der Waals surface area contributed by atoms with E-state index < -0.39 is 5.97 Å². The summed E-state index contributed by atoms with van der Waals surface area (Å²) in [5.74, 6) is -1.26. The number of piperidine rings is 1. The van der Waals surface area contributed by atoms with Gasteiger partial charge in [0.15, 0.2) is 0 Å². The van der Waals surface area contributed by atoms with Crippen LogP contribution in [-0.4, -0.2) is 65.4 Å². The average Bonchev–Trinajstić information content (AvgIpc) is 2.97. The Balaban J connectivity index is 1.56. The Labute approximate surface area is 171 Å². The summed E-state index contributed by atoms with van der Waals surface area (Å²) in [6.45, 7) is 8.62. The SMILES string of the molecule is C=C1CCC(=O)N1O[13C](=O)CCN[13C](=O)[13CH2][13CH2]N[13C](=O)CN1C(C)CCCC1C. The van der Waals surface area contributed by atoms with E-state index in [0.29, 0.717) is 30.7 Å². The van der Waals surface area contributed by atoms with Gasteiger partial charge in [0.2, 0.25) is 11.8 Å². The summed E-state index contributed by atoms with van der Waals surface area (Å²) < 4.78 is 0. The van der Waals surface area contributed by atoms with Crippen LogP contribution in [0.1, 0.15) is 58.8 Å². The molecule has 2 atom stereocenters. The van der Waals surface area contributed by atoms with Crippen LogP contribution < -0.4 is 10.6 Å². The Morgan fingerprint density at radius 3 is 2.28 bits per heavy atom. The molecule has 29 heavy (non-hydrogen) atoms. The maximum absolute atomic E-state index is 12.1. The van der Waals surface area contributed by atoms with E-state index in [0.717, 1.165) is 17.9 Å². The third-order valence-electron chi connectivity index (χ3n) is 5.36. The number of hydrogen-bond acceptors (Lipinski definition) is 6. The predicted octanol–water partition coefficient (Wildman–Crippen LogP) is 0.856. The first-order chi connectivity index (χ1) is 13.8.